The van der Waals surface area contributed by atoms with Crippen molar-refractivity contribution in [2.45, 2.75) is 45.1 Å². The van der Waals surface area contributed by atoms with Gasteiger partial charge >= 0.3 is 5.97 Å². The average Bonchev–Trinajstić information content (AvgIpc) is 2.99. The third-order valence-corrected chi connectivity index (χ3v) is 6.19. The minimum atomic E-state index is -0.705. The fourth-order valence-corrected chi connectivity index (χ4v) is 4.51. The topological polar surface area (TPSA) is 75.2 Å². The molecule has 0 saturated heterocycles. The molecule has 1 aliphatic rings. The number of carbonyl (C=O) groups is 1. The molecule has 0 spiro atoms. The average molecular weight is 402 g/mol. The van der Waals surface area contributed by atoms with E-state index in [0.29, 0.717) is 24.8 Å². The minimum absolute atomic E-state index is 0.0421. The van der Waals surface area contributed by atoms with Crippen LogP contribution >= 0.6 is 0 Å². The Morgan fingerprint density at radius 1 is 1.20 bits per heavy atom. The maximum Gasteiger partial charge on any atom is 0.306 e. The summed E-state index contributed by atoms with van der Waals surface area (Å²) in [5.41, 5.74) is 5.08. The Balaban J connectivity index is 1.59. The van der Waals surface area contributed by atoms with Crippen molar-refractivity contribution in [3.63, 3.8) is 0 Å². The van der Waals surface area contributed by atoms with Crippen LogP contribution in [0.5, 0.6) is 5.75 Å². The standard InChI is InChI=1S/C25H26N2O3/c1-16-4-3-5-17(12-16)13-23-22(15-26)21-11-10-20(14-24(21)27(23)2)30-19-8-6-18(7-9-19)25(28)29/h3-5,10-12,14,18-19H,6-9,13H2,1-2H3,(H,28,29). The number of aromatic nitrogens is 1. The summed E-state index contributed by atoms with van der Waals surface area (Å²) >= 11 is 0. The van der Waals surface area contributed by atoms with E-state index >= 15 is 0 Å². The van der Waals surface area contributed by atoms with Crippen LogP contribution < -0.4 is 4.74 Å². The van der Waals surface area contributed by atoms with Crippen molar-refractivity contribution in [2.75, 3.05) is 0 Å². The van der Waals surface area contributed by atoms with Gasteiger partial charge in [-0.25, -0.2) is 0 Å². The van der Waals surface area contributed by atoms with Gasteiger partial charge in [-0.15, -0.1) is 0 Å². The summed E-state index contributed by atoms with van der Waals surface area (Å²) in [4.78, 5) is 11.1. The summed E-state index contributed by atoms with van der Waals surface area (Å²) in [7, 11) is 2.00. The molecule has 0 bridgehead atoms. The van der Waals surface area contributed by atoms with Crippen molar-refractivity contribution < 1.29 is 14.6 Å². The summed E-state index contributed by atoms with van der Waals surface area (Å²) in [6, 6.07) is 16.6. The molecule has 0 aliphatic heterocycles. The maximum absolute atomic E-state index is 11.1. The molecule has 0 radical (unpaired) electrons. The molecule has 1 aromatic heterocycles. The second-order valence-electron chi connectivity index (χ2n) is 8.27. The van der Waals surface area contributed by atoms with Crippen molar-refractivity contribution >= 4 is 16.9 Å². The lowest BCUT2D eigenvalue weighted by atomic mass is 9.87. The van der Waals surface area contributed by atoms with Crippen LogP contribution in [0.4, 0.5) is 0 Å². The van der Waals surface area contributed by atoms with Gasteiger partial charge in [0.05, 0.1) is 23.1 Å². The highest BCUT2D eigenvalue weighted by Crippen LogP contribution is 2.32. The van der Waals surface area contributed by atoms with E-state index in [4.69, 9.17) is 9.84 Å². The Kier molecular flexibility index (Phi) is 5.50. The first-order valence-electron chi connectivity index (χ1n) is 10.4. The van der Waals surface area contributed by atoms with Crippen molar-refractivity contribution in [3.8, 4) is 11.8 Å². The van der Waals surface area contributed by atoms with Gasteiger partial charge in [0, 0.05) is 30.6 Å². The predicted molar refractivity (Wildman–Crippen MR) is 116 cm³/mol. The number of aryl methyl sites for hydroxylation is 2. The zero-order valence-electron chi connectivity index (χ0n) is 17.4. The molecule has 1 aliphatic carbocycles. The molecule has 0 unspecified atom stereocenters. The number of aliphatic carboxylic acids is 1. The molecule has 5 heteroatoms. The molecule has 1 N–H and O–H groups in total. The molecule has 1 saturated carbocycles. The van der Waals surface area contributed by atoms with Gasteiger partial charge < -0.3 is 14.4 Å². The number of hydrogen-bond donors (Lipinski definition) is 1. The van der Waals surface area contributed by atoms with Gasteiger partial charge in [0.25, 0.3) is 0 Å². The molecule has 0 amide bonds. The Morgan fingerprint density at radius 3 is 2.63 bits per heavy atom. The maximum atomic E-state index is 11.1. The van der Waals surface area contributed by atoms with Crippen molar-refractivity contribution in [1.29, 1.82) is 5.26 Å². The molecular weight excluding hydrogens is 376 g/mol. The molecule has 0 atom stereocenters. The quantitative estimate of drug-likeness (QED) is 0.654. The normalized spacial score (nSPS) is 18.8. The van der Waals surface area contributed by atoms with Crippen LogP contribution in [0.3, 0.4) is 0 Å². The fraction of sp³-hybridized carbons (Fsp3) is 0.360. The predicted octanol–water partition coefficient (Wildman–Crippen LogP) is 4.97. The monoisotopic (exact) mass is 402 g/mol. The van der Waals surface area contributed by atoms with Crippen LogP contribution in [0.25, 0.3) is 10.9 Å². The molecule has 3 aromatic rings. The Bertz CT molecular complexity index is 1130. The number of carboxylic acid groups (broad SMARTS) is 1. The van der Waals surface area contributed by atoms with Crippen LogP contribution in [0.2, 0.25) is 0 Å². The summed E-state index contributed by atoms with van der Waals surface area (Å²) in [6.07, 6.45) is 3.57. The van der Waals surface area contributed by atoms with E-state index in [-0.39, 0.29) is 12.0 Å². The van der Waals surface area contributed by atoms with Crippen molar-refractivity contribution in [2.24, 2.45) is 13.0 Å². The van der Waals surface area contributed by atoms with E-state index in [0.717, 1.165) is 35.2 Å². The minimum Gasteiger partial charge on any atom is -0.490 e. The van der Waals surface area contributed by atoms with Gasteiger partial charge in [0.15, 0.2) is 0 Å². The molecule has 5 nitrogen and oxygen atoms in total. The first-order valence-corrected chi connectivity index (χ1v) is 10.4. The number of carboxylic acids is 1. The van der Waals surface area contributed by atoms with E-state index in [9.17, 15) is 10.1 Å². The SMILES string of the molecule is Cc1cccc(Cc2c(C#N)c3ccc(OC4CCC(C(=O)O)CC4)cc3n2C)c1. The number of rotatable bonds is 5. The largest absolute Gasteiger partial charge is 0.490 e. The van der Waals surface area contributed by atoms with Crippen LogP contribution in [-0.2, 0) is 18.3 Å². The molecule has 4 rings (SSSR count). The molecule has 30 heavy (non-hydrogen) atoms. The van der Waals surface area contributed by atoms with Gasteiger partial charge in [-0.1, -0.05) is 29.8 Å². The Hall–Kier alpha value is -3.26. The lowest BCUT2D eigenvalue weighted by Crippen LogP contribution is -2.27. The second kappa shape index (κ2) is 8.23. The lowest BCUT2D eigenvalue weighted by molar-refractivity contribution is -0.143. The number of fused-ring (bicyclic) bond motifs is 1. The number of ether oxygens (including phenoxy) is 1. The van der Waals surface area contributed by atoms with Crippen LogP contribution in [0, 0.1) is 24.2 Å². The van der Waals surface area contributed by atoms with E-state index in [2.05, 4.69) is 35.8 Å². The summed E-state index contributed by atoms with van der Waals surface area (Å²) in [5.74, 6) is -0.181. The summed E-state index contributed by atoms with van der Waals surface area (Å²) in [6.45, 7) is 2.07. The van der Waals surface area contributed by atoms with Crippen molar-refractivity contribution in [1.82, 2.24) is 4.57 Å². The molecular formula is C25H26N2O3. The Morgan fingerprint density at radius 2 is 1.97 bits per heavy atom. The van der Waals surface area contributed by atoms with Crippen LogP contribution in [0.1, 0.15) is 48.1 Å². The summed E-state index contributed by atoms with van der Waals surface area (Å²) < 4.78 is 8.26. The number of hydrogen-bond acceptors (Lipinski definition) is 3. The third kappa shape index (κ3) is 3.91. The molecule has 2 aromatic carbocycles. The first kappa shape index (κ1) is 20.0. The number of nitrogens with zero attached hydrogens (tertiary/aromatic N) is 2. The highest BCUT2D eigenvalue weighted by Gasteiger charge is 2.27. The van der Waals surface area contributed by atoms with Crippen molar-refractivity contribution in [3.05, 3.63) is 64.8 Å². The smallest absolute Gasteiger partial charge is 0.306 e. The Labute approximate surface area is 176 Å². The van der Waals surface area contributed by atoms with Gasteiger partial charge in [-0.2, -0.15) is 5.26 Å². The molecule has 1 fully saturated rings. The zero-order valence-corrected chi connectivity index (χ0v) is 17.4. The van der Waals surface area contributed by atoms with Crippen LogP contribution in [-0.4, -0.2) is 21.7 Å². The third-order valence-electron chi connectivity index (χ3n) is 6.19. The van der Waals surface area contributed by atoms with Gasteiger partial charge in [-0.3, -0.25) is 4.79 Å². The van der Waals surface area contributed by atoms with E-state index < -0.39 is 5.97 Å². The fourth-order valence-electron chi connectivity index (χ4n) is 4.51. The van der Waals surface area contributed by atoms with Gasteiger partial charge in [-0.05, 0) is 50.3 Å². The second-order valence-corrected chi connectivity index (χ2v) is 8.27. The molecule has 154 valence electrons. The highest BCUT2D eigenvalue weighted by molar-refractivity contribution is 5.89. The first-order chi connectivity index (χ1) is 14.5. The van der Waals surface area contributed by atoms with E-state index in [1.165, 1.54) is 11.1 Å². The summed E-state index contributed by atoms with van der Waals surface area (Å²) in [5, 5.41) is 19.9. The van der Waals surface area contributed by atoms with Gasteiger partial charge in [0.2, 0.25) is 0 Å². The van der Waals surface area contributed by atoms with E-state index in [1.54, 1.807) is 0 Å². The highest BCUT2D eigenvalue weighted by atomic mass is 16.5. The molecule has 1 heterocycles. The van der Waals surface area contributed by atoms with E-state index in [1.807, 2.05) is 31.3 Å². The number of nitriles is 1. The van der Waals surface area contributed by atoms with Gasteiger partial charge in [0.1, 0.15) is 11.8 Å². The van der Waals surface area contributed by atoms with Crippen LogP contribution in [0.15, 0.2) is 42.5 Å². The lowest BCUT2D eigenvalue weighted by Gasteiger charge is -2.26. The number of benzene rings is 2. The zero-order chi connectivity index (χ0) is 21.3.